The van der Waals surface area contributed by atoms with Crippen LogP contribution in [0, 0.1) is 0 Å². The van der Waals surface area contributed by atoms with E-state index in [1.807, 2.05) is 0 Å². The lowest BCUT2D eigenvalue weighted by atomic mass is 9.89. The van der Waals surface area contributed by atoms with E-state index in [1.165, 1.54) is 13.2 Å². The number of hydrogen-bond donors (Lipinski definition) is 1. The van der Waals surface area contributed by atoms with Crippen molar-refractivity contribution in [1.82, 2.24) is 5.32 Å². The maximum atomic E-state index is 12.5. The summed E-state index contributed by atoms with van der Waals surface area (Å²) in [6, 6.07) is 0. The molecule has 25 heavy (non-hydrogen) atoms. The fourth-order valence-corrected chi connectivity index (χ4v) is 2.01. The molecule has 0 fully saturated rings. The molecule has 0 unspecified atom stereocenters. The van der Waals surface area contributed by atoms with Crippen LogP contribution in [0.25, 0.3) is 0 Å². The van der Waals surface area contributed by atoms with E-state index in [2.05, 4.69) is 10.1 Å². The molecule has 1 amide bonds. The number of hydrogen-bond acceptors (Lipinski definition) is 7. The average Bonchev–Trinajstić information content (AvgIpc) is 2.56. The van der Waals surface area contributed by atoms with Crippen molar-refractivity contribution in [3.05, 3.63) is 23.8 Å². The Bertz CT molecular complexity index is 545. The number of carbonyl (C=O) groups excluding carboxylic acids is 4. The lowest BCUT2D eigenvalue weighted by Gasteiger charge is -2.30. The van der Waals surface area contributed by atoms with Crippen LogP contribution in [0.3, 0.4) is 0 Å². The van der Waals surface area contributed by atoms with Crippen LogP contribution < -0.4 is 5.32 Å². The number of carbonyl (C=O) groups is 4. The Morgan fingerprint density at radius 2 is 1.56 bits per heavy atom. The Morgan fingerprint density at radius 3 is 1.92 bits per heavy atom. The third-order valence-electron chi connectivity index (χ3n) is 3.03. The van der Waals surface area contributed by atoms with Gasteiger partial charge in [-0.25, -0.2) is 14.4 Å². The molecular weight excluding hydrogens is 330 g/mol. The maximum Gasteiger partial charge on any atom is 0.344 e. The van der Waals surface area contributed by atoms with Crippen molar-refractivity contribution >= 4 is 23.8 Å². The molecule has 0 aliphatic carbocycles. The van der Waals surface area contributed by atoms with E-state index in [9.17, 15) is 19.2 Å². The van der Waals surface area contributed by atoms with Gasteiger partial charge in [0.1, 0.15) is 0 Å². The van der Waals surface area contributed by atoms with Crippen molar-refractivity contribution in [2.45, 2.75) is 39.7 Å². The Labute approximate surface area is 147 Å². The second kappa shape index (κ2) is 11.0. The van der Waals surface area contributed by atoms with Gasteiger partial charge in [0.2, 0.25) is 11.4 Å². The second-order valence-electron chi connectivity index (χ2n) is 4.91. The molecule has 0 bridgehead atoms. The minimum atomic E-state index is -2.18. The molecule has 0 aliphatic heterocycles. The van der Waals surface area contributed by atoms with Gasteiger partial charge in [-0.15, -0.1) is 0 Å². The van der Waals surface area contributed by atoms with E-state index in [0.29, 0.717) is 0 Å². The monoisotopic (exact) mass is 355 g/mol. The van der Waals surface area contributed by atoms with E-state index < -0.39 is 35.8 Å². The fraction of sp³-hybridized carbons (Fsp3) is 0.529. The SMILES string of the molecule is C/C=C/C=C(\CC(NC(C)=O)(C(=O)OCC)C(=O)OCC)C(=O)OC. The van der Waals surface area contributed by atoms with Gasteiger partial charge in [-0.05, 0) is 20.8 Å². The number of amides is 1. The molecule has 0 saturated carbocycles. The van der Waals surface area contributed by atoms with Gasteiger partial charge in [-0.2, -0.15) is 0 Å². The van der Waals surface area contributed by atoms with Gasteiger partial charge in [-0.3, -0.25) is 4.79 Å². The van der Waals surface area contributed by atoms with E-state index >= 15 is 0 Å². The Morgan fingerprint density at radius 1 is 1.04 bits per heavy atom. The van der Waals surface area contributed by atoms with Gasteiger partial charge in [-0.1, -0.05) is 18.2 Å². The highest BCUT2D eigenvalue weighted by molar-refractivity contribution is 6.09. The number of nitrogens with one attached hydrogen (secondary N) is 1. The Kier molecular flexibility index (Phi) is 9.85. The van der Waals surface area contributed by atoms with Crippen LogP contribution >= 0.6 is 0 Å². The summed E-state index contributed by atoms with van der Waals surface area (Å²) in [7, 11) is 1.17. The largest absolute Gasteiger partial charge is 0.466 e. The quantitative estimate of drug-likeness (QED) is 0.216. The summed E-state index contributed by atoms with van der Waals surface area (Å²) in [5, 5.41) is 2.29. The normalized spacial score (nSPS) is 11.8. The van der Waals surface area contributed by atoms with Crippen LogP contribution in [0.5, 0.6) is 0 Å². The highest BCUT2D eigenvalue weighted by Gasteiger charge is 2.51. The molecule has 0 aromatic carbocycles. The zero-order valence-corrected chi connectivity index (χ0v) is 15.2. The second-order valence-corrected chi connectivity index (χ2v) is 4.91. The Balaban J connectivity index is 6.19. The van der Waals surface area contributed by atoms with Crippen LogP contribution in [-0.2, 0) is 33.4 Å². The zero-order valence-electron chi connectivity index (χ0n) is 15.2. The topological polar surface area (TPSA) is 108 Å². The standard InChI is InChI=1S/C17H25NO7/c1-6-9-10-13(14(20)23-5)11-17(18-12(4)19,15(21)24-7-2)16(22)25-8-3/h6,9-10H,7-8,11H2,1-5H3,(H,18,19)/b9-6+,13-10+. The van der Waals surface area contributed by atoms with Gasteiger partial charge in [0, 0.05) is 18.9 Å². The van der Waals surface area contributed by atoms with Gasteiger partial charge in [0.05, 0.1) is 20.3 Å². The fourth-order valence-electron chi connectivity index (χ4n) is 2.01. The molecule has 0 rings (SSSR count). The number of methoxy groups -OCH3 is 1. The molecule has 0 radical (unpaired) electrons. The molecule has 0 saturated heterocycles. The first-order chi connectivity index (χ1) is 11.8. The van der Waals surface area contributed by atoms with Crippen LogP contribution in [0.1, 0.15) is 34.1 Å². The number of rotatable bonds is 9. The van der Waals surface area contributed by atoms with Gasteiger partial charge in [0.25, 0.3) is 0 Å². The molecule has 0 heterocycles. The molecule has 140 valence electrons. The van der Waals surface area contributed by atoms with Crippen molar-refractivity contribution in [3.63, 3.8) is 0 Å². The average molecular weight is 355 g/mol. The first-order valence-electron chi connectivity index (χ1n) is 7.82. The predicted octanol–water partition coefficient (Wildman–Crippen LogP) is 1.05. The third kappa shape index (κ3) is 6.40. The van der Waals surface area contributed by atoms with Crippen LogP contribution in [-0.4, -0.2) is 49.7 Å². The van der Waals surface area contributed by atoms with Crippen LogP contribution in [0.2, 0.25) is 0 Å². The smallest absolute Gasteiger partial charge is 0.344 e. The first kappa shape index (κ1) is 22.4. The number of ether oxygens (including phenoxy) is 3. The number of allylic oxidation sites excluding steroid dienone is 3. The highest BCUT2D eigenvalue weighted by atomic mass is 16.6. The maximum absolute atomic E-state index is 12.5. The van der Waals surface area contributed by atoms with Crippen molar-refractivity contribution in [3.8, 4) is 0 Å². The molecule has 0 atom stereocenters. The molecule has 8 nitrogen and oxygen atoms in total. The summed E-state index contributed by atoms with van der Waals surface area (Å²) >= 11 is 0. The van der Waals surface area contributed by atoms with Crippen LogP contribution in [0.4, 0.5) is 0 Å². The first-order valence-corrected chi connectivity index (χ1v) is 7.82. The van der Waals surface area contributed by atoms with Gasteiger partial charge < -0.3 is 19.5 Å². The predicted molar refractivity (Wildman–Crippen MR) is 89.3 cm³/mol. The van der Waals surface area contributed by atoms with Crippen LogP contribution in [0.15, 0.2) is 23.8 Å². The van der Waals surface area contributed by atoms with Gasteiger partial charge >= 0.3 is 17.9 Å². The van der Waals surface area contributed by atoms with Crippen molar-refractivity contribution < 1.29 is 33.4 Å². The number of esters is 3. The summed E-state index contributed by atoms with van der Waals surface area (Å²) in [5.41, 5.74) is -2.19. The van der Waals surface area contributed by atoms with Gasteiger partial charge in [0.15, 0.2) is 0 Å². The minimum absolute atomic E-state index is 0.00421. The summed E-state index contributed by atoms with van der Waals surface area (Å²) in [4.78, 5) is 48.6. The van der Waals surface area contributed by atoms with E-state index in [0.717, 1.165) is 6.92 Å². The lowest BCUT2D eigenvalue weighted by molar-refractivity contribution is -0.168. The molecule has 1 N–H and O–H groups in total. The molecule has 8 heteroatoms. The Hall–Kier alpha value is -2.64. The lowest BCUT2D eigenvalue weighted by Crippen LogP contribution is -2.61. The highest BCUT2D eigenvalue weighted by Crippen LogP contribution is 2.23. The summed E-state index contributed by atoms with van der Waals surface area (Å²) in [6.07, 6.45) is 4.11. The molecule has 0 aromatic heterocycles. The molecule has 0 spiro atoms. The van der Waals surface area contributed by atoms with Crippen molar-refractivity contribution in [2.75, 3.05) is 20.3 Å². The molecule has 0 aliphatic rings. The minimum Gasteiger partial charge on any atom is -0.466 e. The summed E-state index contributed by atoms with van der Waals surface area (Å²) in [5.74, 6) is -3.43. The third-order valence-corrected chi connectivity index (χ3v) is 3.03. The molecule has 0 aromatic rings. The zero-order chi connectivity index (χ0) is 19.5. The molecular formula is C17H25NO7. The van der Waals surface area contributed by atoms with E-state index in [1.54, 1.807) is 32.9 Å². The summed E-state index contributed by atoms with van der Waals surface area (Å²) < 4.78 is 14.6. The van der Waals surface area contributed by atoms with E-state index in [4.69, 9.17) is 9.47 Å². The van der Waals surface area contributed by atoms with Crippen molar-refractivity contribution in [1.29, 1.82) is 0 Å². The summed E-state index contributed by atoms with van der Waals surface area (Å²) in [6.45, 7) is 5.93. The van der Waals surface area contributed by atoms with Crippen molar-refractivity contribution in [2.24, 2.45) is 0 Å². The van der Waals surface area contributed by atoms with E-state index in [-0.39, 0.29) is 18.8 Å².